The van der Waals surface area contributed by atoms with E-state index >= 15 is 0 Å². The van der Waals surface area contributed by atoms with Crippen LogP contribution < -0.4 is 0 Å². The van der Waals surface area contributed by atoms with Gasteiger partial charge in [0.05, 0.1) is 30.9 Å². The maximum Gasteiger partial charge on any atom is 0.523 e. The molecule has 0 radical (unpaired) electrons. The lowest BCUT2D eigenvalue weighted by atomic mass is 9.83. The second kappa shape index (κ2) is 13.0. The number of hydrogen-bond acceptors (Lipinski definition) is 10. The Kier molecular flexibility index (Phi) is 9.37. The SMILES string of the molecule is O=C(O[C@@H]1[C@@H](OCc2ccccc2)[C@@H](OS(=O)(=O)C(F)(F)F)CC2(OCCO2)[C@H]1OC(=O)c1ccccc1)c1ccccc1. The van der Waals surface area contributed by atoms with Gasteiger partial charge in [-0.1, -0.05) is 66.7 Å². The molecular formula is C30H27F3O10S. The van der Waals surface area contributed by atoms with Gasteiger partial charge in [0.15, 0.2) is 12.2 Å². The Morgan fingerprint density at radius 3 is 1.80 bits per heavy atom. The van der Waals surface area contributed by atoms with Crippen LogP contribution in [0.2, 0.25) is 0 Å². The van der Waals surface area contributed by atoms with Gasteiger partial charge in [-0.25, -0.2) is 9.59 Å². The van der Waals surface area contributed by atoms with E-state index in [2.05, 4.69) is 0 Å². The van der Waals surface area contributed by atoms with Gasteiger partial charge in [-0.3, -0.25) is 4.18 Å². The molecule has 1 heterocycles. The topological polar surface area (TPSA) is 124 Å². The highest BCUT2D eigenvalue weighted by Gasteiger charge is 2.64. The first-order chi connectivity index (χ1) is 21.0. The number of hydrogen-bond donors (Lipinski definition) is 0. The number of esters is 2. The predicted octanol–water partition coefficient (Wildman–Crippen LogP) is 4.40. The molecule has 0 amide bonds. The number of rotatable bonds is 9. The van der Waals surface area contributed by atoms with Crippen molar-refractivity contribution in [1.29, 1.82) is 0 Å². The van der Waals surface area contributed by atoms with Crippen LogP contribution in [0.25, 0.3) is 0 Å². The Bertz CT molecular complexity index is 1530. The zero-order valence-corrected chi connectivity index (χ0v) is 23.7. The Labute approximate surface area is 250 Å². The van der Waals surface area contributed by atoms with E-state index in [-0.39, 0.29) is 30.9 Å². The van der Waals surface area contributed by atoms with E-state index in [1.807, 2.05) is 0 Å². The number of benzene rings is 3. The molecule has 3 aromatic carbocycles. The van der Waals surface area contributed by atoms with Crippen LogP contribution in [0.3, 0.4) is 0 Å². The van der Waals surface area contributed by atoms with Gasteiger partial charge in [-0.2, -0.15) is 21.6 Å². The third-order valence-electron chi connectivity index (χ3n) is 7.00. The minimum absolute atomic E-state index is 0.0516. The third kappa shape index (κ3) is 6.94. The van der Waals surface area contributed by atoms with Crippen molar-refractivity contribution >= 4 is 22.1 Å². The second-order valence-electron chi connectivity index (χ2n) is 9.94. The zero-order valence-electron chi connectivity index (χ0n) is 22.9. The molecule has 1 spiro atoms. The van der Waals surface area contributed by atoms with Gasteiger partial charge in [0.1, 0.15) is 12.2 Å². The standard InChI is InChI=1S/C30H27F3O10S/c31-30(32,33)44(36,37)43-23-18-29(39-16-17-40-29)26(42-28(35)22-14-8-3-9-15-22)25(41-27(34)21-12-6-2-7-13-21)24(23)38-19-20-10-4-1-5-11-20/h1-15,23-26H,16-19H2/t23-,24-,25+,26-/m0/s1. The molecule has 0 aromatic heterocycles. The molecule has 10 nitrogen and oxygen atoms in total. The van der Waals surface area contributed by atoms with Crippen molar-refractivity contribution in [2.45, 2.75) is 48.7 Å². The van der Waals surface area contributed by atoms with E-state index in [0.29, 0.717) is 5.56 Å². The average Bonchev–Trinajstić information content (AvgIpc) is 3.48. The molecule has 1 saturated carbocycles. The maximum atomic E-state index is 13.5. The van der Waals surface area contributed by atoms with E-state index in [1.54, 1.807) is 66.7 Å². The number of carbonyl (C=O) groups is 2. The van der Waals surface area contributed by atoms with Gasteiger partial charge >= 0.3 is 27.6 Å². The summed E-state index contributed by atoms with van der Waals surface area (Å²) in [7, 11) is -6.19. The van der Waals surface area contributed by atoms with Crippen molar-refractivity contribution in [3.05, 3.63) is 108 Å². The van der Waals surface area contributed by atoms with Crippen LogP contribution in [0.15, 0.2) is 91.0 Å². The van der Waals surface area contributed by atoms with Crippen LogP contribution in [-0.4, -0.2) is 69.3 Å². The van der Waals surface area contributed by atoms with Gasteiger partial charge in [0, 0.05) is 6.42 Å². The molecule has 0 unspecified atom stereocenters. The highest BCUT2D eigenvalue weighted by Crippen LogP contribution is 2.44. The van der Waals surface area contributed by atoms with Crippen molar-refractivity contribution in [3.8, 4) is 0 Å². The van der Waals surface area contributed by atoms with Crippen LogP contribution >= 0.6 is 0 Å². The molecule has 4 atom stereocenters. The largest absolute Gasteiger partial charge is 0.523 e. The van der Waals surface area contributed by atoms with Gasteiger partial charge in [-0.05, 0) is 29.8 Å². The van der Waals surface area contributed by atoms with Crippen LogP contribution in [0.5, 0.6) is 0 Å². The Balaban J connectivity index is 1.59. The monoisotopic (exact) mass is 636 g/mol. The highest BCUT2D eigenvalue weighted by atomic mass is 32.2. The lowest BCUT2D eigenvalue weighted by Gasteiger charge is -2.48. The molecule has 5 rings (SSSR count). The molecule has 1 aliphatic heterocycles. The van der Waals surface area contributed by atoms with Crippen molar-refractivity contribution in [1.82, 2.24) is 0 Å². The summed E-state index contributed by atoms with van der Waals surface area (Å²) in [5, 5.41) is 0. The van der Waals surface area contributed by atoms with E-state index in [9.17, 15) is 31.2 Å². The first-order valence-electron chi connectivity index (χ1n) is 13.4. The maximum absolute atomic E-state index is 13.5. The van der Waals surface area contributed by atoms with Gasteiger partial charge in [-0.15, -0.1) is 0 Å². The molecule has 0 bridgehead atoms. The fourth-order valence-electron chi connectivity index (χ4n) is 4.98. The summed E-state index contributed by atoms with van der Waals surface area (Å²) in [6.45, 7) is -0.440. The van der Waals surface area contributed by atoms with E-state index in [0.717, 1.165) is 0 Å². The molecule has 234 valence electrons. The first-order valence-corrected chi connectivity index (χ1v) is 14.8. The fourth-order valence-corrected chi connectivity index (χ4v) is 5.60. The molecule has 14 heteroatoms. The average molecular weight is 637 g/mol. The summed E-state index contributed by atoms with van der Waals surface area (Å²) in [5.74, 6) is -3.90. The van der Waals surface area contributed by atoms with E-state index in [4.69, 9.17) is 27.9 Å². The number of alkyl halides is 3. The smallest absolute Gasteiger partial charge is 0.452 e. The van der Waals surface area contributed by atoms with Crippen LogP contribution in [0.4, 0.5) is 13.2 Å². The molecule has 1 aliphatic carbocycles. The Morgan fingerprint density at radius 1 is 0.773 bits per heavy atom. The summed E-state index contributed by atoms with van der Waals surface area (Å²) < 4.78 is 99.0. The summed E-state index contributed by atoms with van der Waals surface area (Å²) in [6.07, 6.45) is -7.75. The molecule has 2 fully saturated rings. The minimum atomic E-state index is -6.19. The summed E-state index contributed by atoms with van der Waals surface area (Å²) >= 11 is 0. The lowest BCUT2D eigenvalue weighted by molar-refractivity contribution is -0.297. The number of halogens is 3. The summed E-state index contributed by atoms with van der Waals surface area (Å²) in [6, 6.07) is 23.8. The van der Waals surface area contributed by atoms with E-state index < -0.39 is 64.2 Å². The third-order valence-corrected chi connectivity index (χ3v) is 8.07. The molecule has 2 aliphatic rings. The quantitative estimate of drug-likeness (QED) is 0.190. The highest BCUT2D eigenvalue weighted by molar-refractivity contribution is 7.87. The first kappa shape index (κ1) is 31.6. The Hall–Kier alpha value is -3.82. The van der Waals surface area contributed by atoms with E-state index in [1.165, 1.54) is 24.3 Å². The summed E-state index contributed by atoms with van der Waals surface area (Å²) in [4.78, 5) is 26.6. The molecule has 0 N–H and O–H groups in total. The van der Waals surface area contributed by atoms with Crippen molar-refractivity contribution in [2.24, 2.45) is 0 Å². The van der Waals surface area contributed by atoms with Crippen molar-refractivity contribution < 1.29 is 59.0 Å². The van der Waals surface area contributed by atoms with Crippen LogP contribution in [-0.2, 0) is 44.6 Å². The Morgan fingerprint density at radius 2 is 1.27 bits per heavy atom. The van der Waals surface area contributed by atoms with Crippen LogP contribution in [0.1, 0.15) is 32.7 Å². The van der Waals surface area contributed by atoms with Crippen molar-refractivity contribution in [2.75, 3.05) is 13.2 Å². The second-order valence-corrected chi connectivity index (χ2v) is 11.5. The predicted molar refractivity (Wildman–Crippen MR) is 145 cm³/mol. The summed E-state index contributed by atoms with van der Waals surface area (Å²) in [5.41, 5.74) is -5.07. The van der Waals surface area contributed by atoms with Crippen LogP contribution in [0, 0.1) is 0 Å². The minimum Gasteiger partial charge on any atom is -0.452 e. The van der Waals surface area contributed by atoms with Gasteiger partial charge in [0.25, 0.3) is 0 Å². The normalized spacial score (nSPS) is 23.2. The van der Waals surface area contributed by atoms with Gasteiger partial charge in [0.2, 0.25) is 5.79 Å². The lowest BCUT2D eigenvalue weighted by Crippen LogP contribution is -2.67. The number of carbonyl (C=O) groups excluding carboxylic acids is 2. The molecule has 1 saturated heterocycles. The molecule has 3 aromatic rings. The van der Waals surface area contributed by atoms with Gasteiger partial charge < -0.3 is 23.7 Å². The number of ether oxygens (including phenoxy) is 5. The fraction of sp³-hybridized carbons (Fsp3) is 0.333. The molecule has 44 heavy (non-hydrogen) atoms. The zero-order chi connectivity index (χ0) is 31.4. The molecular weight excluding hydrogens is 609 g/mol. The van der Waals surface area contributed by atoms with Crippen molar-refractivity contribution in [3.63, 3.8) is 0 Å².